The van der Waals surface area contributed by atoms with Crippen molar-refractivity contribution in [3.05, 3.63) is 90.0 Å². The number of nitrogens with zero attached hydrogens (tertiary/aromatic N) is 5. The quantitative estimate of drug-likeness (QED) is 0.143. The molecule has 1 saturated heterocycles. The smallest absolute Gasteiger partial charge is 0.410 e. The van der Waals surface area contributed by atoms with E-state index >= 15 is 0 Å². The second-order valence-electron chi connectivity index (χ2n) is 16.0. The van der Waals surface area contributed by atoms with Gasteiger partial charge in [-0.15, -0.1) is 0 Å². The van der Waals surface area contributed by atoms with Crippen LogP contribution in [0.4, 0.5) is 10.5 Å². The minimum absolute atomic E-state index is 0.00306. The molecule has 0 aliphatic carbocycles. The highest BCUT2D eigenvalue weighted by atomic mass is 16.6. The number of carboxylic acids is 1. The largest absolute Gasteiger partial charge is 0.480 e. The molecule has 2 aromatic carbocycles. The molecule has 5 rings (SSSR count). The number of carboxylic acid groups (broad SMARTS) is 1. The third-order valence-electron chi connectivity index (χ3n) is 10.8. The zero-order valence-electron chi connectivity index (χ0n) is 35.5. The maximum atomic E-state index is 14.6. The van der Waals surface area contributed by atoms with Crippen LogP contribution in [0, 0.1) is 11.8 Å². The Hall–Kier alpha value is -6.72. The Balaban J connectivity index is 1.39. The van der Waals surface area contributed by atoms with Gasteiger partial charge in [-0.25, -0.2) is 9.78 Å². The lowest BCUT2D eigenvalue weighted by molar-refractivity contribution is -0.144. The number of nitrogens with one attached hydrogen (secondary N) is 3. The molecule has 2 aliphatic rings. The number of Topliss-reactive ketones (excluding diaryl/α,β-unsaturated/α-hetero) is 1. The van der Waals surface area contributed by atoms with E-state index in [4.69, 9.17) is 4.74 Å². The Labute approximate surface area is 359 Å². The monoisotopic (exact) mass is 854 g/mol. The molecule has 5 atom stereocenters. The van der Waals surface area contributed by atoms with Gasteiger partial charge in [0.2, 0.25) is 23.5 Å². The predicted molar refractivity (Wildman–Crippen MR) is 224 cm³/mol. The average molecular weight is 855 g/mol. The van der Waals surface area contributed by atoms with Gasteiger partial charge >= 0.3 is 12.1 Å². The number of fused-ring (bicyclic) bond motifs is 1. The van der Waals surface area contributed by atoms with Gasteiger partial charge < -0.3 is 35.6 Å². The number of hydrogen-bond acceptors (Lipinski definition) is 11. The van der Waals surface area contributed by atoms with Crippen molar-refractivity contribution in [3.8, 4) is 0 Å². The number of anilines is 1. The number of carbonyl (C=O) groups is 8. The Bertz CT molecular complexity index is 2120. The lowest BCUT2D eigenvalue weighted by Crippen LogP contribution is -2.60. The Morgan fingerprint density at radius 3 is 2.18 bits per heavy atom. The van der Waals surface area contributed by atoms with Crippen molar-refractivity contribution in [1.29, 1.82) is 0 Å². The molecule has 2 aliphatic heterocycles. The zero-order chi connectivity index (χ0) is 45.1. The van der Waals surface area contributed by atoms with E-state index in [1.165, 1.54) is 40.5 Å². The number of aromatic nitrogens is 2. The standard InChI is InChI=1S/C44H54N8O10/c1-6-12-32(38(55)43(60)51(25-35(53)54)30-15-8-7-9-16-30)47-40(57)34-21-31(62-44(61)50-20-17-28-13-10-11-14-29(28)23-50)24-52(34)42(59)37(27(4)5)49-41(58)36(26(2)3)48-39(56)33-22-45-18-19-46-33/h7-11,13-16,18-19,22,26-27,31-32,34,36-37H,6,12,17,20-21,23-25H2,1-5H3,(H,47,57)(H,48,56)(H,49,58)(H,53,54)/t31-,32?,34+,36-,37-/m1/s1. The number of ether oxygens (including phenoxy) is 1. The second kappa shape index (κ2) is 21.2. The van der Waals surface area contributed by atoms with Gasteiger partial charge in [0.15, 0.2) is 0 Å². The molecule has 18 heteroatoms. The fourth-order valence-electron chi connectivity index (χ4n) is 7.48. The first-order valence-corrected chi connectivity index (χ1v) is 20.7. The molecule has 62 heavy (non-hydrogen) atoms. The molecule has 0 radical (unpaired) electrons. The Morgan fingerprint density at radius 2 is 1.55 bits per heavy atom. The zero-order valence-corrected chi connectivity index (χ0v) is 35.5. The number of carbonyl (C=O) groups excluding carboxylic acids is 7. The van der Waals surface area contributed by atoms with Gasteiger partial charge in [0.25, 0.3) is 11.8 Å². The number of hydrogen-bond donors (Lipinski definition) is 4. The first-order chi connectivity index (χ1) is 29.6. The van der Waals surface area contributed by atoms with Crippen LogP contribution in [-0.2, 0) is 46.5 Å². The molecule has 1 unspecified atom stereocenters. The number of para-hydroxylation sites is 1. The summed E-state index contributed by atoms with van der Waals surface area (Å²) in [6, 6.07) is 10.4. The van der Waals surface area contributed by atoms with Crippen LogP contribution >= 0.6 is 0 Å². The highest BCUT2D eigenvalue weighted by Crippen LogP contribution is 2.26. The van der Waals surface area contributed by atoms with E-state index in [9.17, 15) is 43.5 Å². The number of rotatable bonds is 17. The molecule has 0 bridgehead atoms. The minimum Gasteiger partial charge on any atom is -0.480 e. The SMILES string of the molecule is CCCC(NC(=O)[C@@H]1C[C@@H](OC(=O)N2CCc3ccccc3C2)CN1C(=O)[C@H](NC(=O)[C@H](NC(=O)c1cnccn1)C(C)C)C(C)C)C(=O)C(=O)N(CC(=O)O)c1ccccc1. The minimum atomic E-state index is -1.41. The summed E-state index contributed by atoms with van der Waals surface area (Å²) in [5.41, 5.74) is 2.23. The Kier molecular flexibility index (Phi) is 15.8. The van der Waals surface area contributed by atoms with Crippen molar-refractivity contribution >= 4 is 53.1 Å². The van der Waals surface area contributed by atoms with Crippen molar-refractivity contribution in [1.82, 2.24) is 35.7 Å². The van der Waals surface area contributed by atoms with E-state index in [0.717, 1.165) is 16.0 Å². The number of ketones is 1. The summed E-state index contributed by atoms with van der Waals surface area (Å²) in [6.07, 6.45) is 3.14. The van der Waals surface area contributed by atoms with Crippen LogP contribution in [0.25, 0.3) is 0 Å². The third-order valence-corrected chi connectivity index (χ3v) is 10.8. The van der Waals surface area contributed by atoms with Crippen molar-refractivity contribution < 1.29 is 48.2 Å². The topological polar surface area (TPSA) is 238 Å². The van der Waals surface area contributed by atoms with E-state index in [1.807, 2.05) is 24.3 Å². The molecule has 4 N–H and O–H groups in total. The fourth-order valence-corrected chi connectivity index (χ4v) is 7.48. The third kappa shape index (κ3) is 11.6. The van der Waals surface area contributed by atoms with Crippen LogP contribution in [0.5, 0.6) is 0 Å². The highest BCUT2D eigenvalue weighted by Gasteiger charge is 2.46. The maximum absolute atomic E-state index is 14.6. The summed E-state index contributed by atoms with van der Waals surface area (Å²) < 4.78 is 5.94. The molecule has 18 nitrogen and oxygen atoms in total. The van der Waals surface area contributed by atoms with Gasteiger partial charge in [-0.3, -0.25) is 43.4 Å². The molecule has 3 aromatic rings. The second-order valence-corrected chi connectivity index (χ2v) is 16.0. The van der Waals surface area contributed by atoms with Crippen LogP contribution in [0.2, 0.25) is 0 Å². The van der Waals surface area contributed by atoms with Crippen LogP contribution in [0.3, 0.4) is 0 Å². The van der Waals surface area contributed by atoms with Gasteiger partial charge in [0, 0.05) is 37.6 Å². The maximum Gasteiger partial charge on any atom is 0.410 e. The highest BCUT2D eigenvalue weighted by molar-refractivity contribution is 6.43. The van der Waals surface area contributed by atoms with E-state index < -0.39 is 96.0 Å². The molecular weight excluding hydrogens is 801 g/mol. The molecule has 0 spiro atoms. The van der Waals surface area contributed by atoms with Crippen LogP contribution in [0.15, 0.2) is 73.2 Å². The normalized spacial score (nSPS) is 17.3. The molecule has 6 amide bonds. The van der Waals surface area contributed by atoms with E-state index in [1.54, 1.807) is 52.8 Å². The summed E-state index contributed by atoms with van der Waals surface area (Å²) in [4.78, 5) is 120. The van der Waals surface area contributed by atoms with Crippen LogP contribution < -0.4 is 20.9 Å². The van der Waals surface area contributed by atoms with Gasteiger partial charge in [-0.1, -0.05) is 83.5 Å². The van der Waals surface area contributed by atoms with Gasteiger partial charge in [-0.05, 0) is 47.9 Å². The van der Waals surface area contributed by atoms with E-state index in [0.29, 0.717) is 25.9 Å². The summed E-state index contributed by atoms with van der Waals surface area (Å²) in [5, 5.41) is 17.6. The summed E-state index contributed by atoms with van der Waals surface area (Å²) in [7, 11) is 0. The van der Waals surface area contributed by atoms with Crippen molar-refractivity contribution in [2.45, 2.75) is 97.1 Å². The van der Waals surface area contributed by atoms with Crippen LogP contribution in [-0.4, -0.2) is 122 Å². The number of benzene rings is 2. The average Bonchev–Trinajstić information content (AvgIpc) is 3.69. The summed E-state index contributed by atoms with van der Waals surface area (Å²) in [5.74, 6) is -7.38. The van der Waals surface area contributed by atoms with E-state index in [2.05, 4.69) is 25.9 Å². The predicted octanol–water partition coefficient (Wildman–Crippen LogP) is 2.51. The van der Waals surface area contributed by atoms with Crippen LogP contribution in [0.1, 0.15) is 75.5 Å². The van der Waals surface area contributed by atoms with Crippen molar-refractivity contribution in [3.63, 3.8) is 0 Å². The number of aliphatic carboxylic acids is 1. The fraction of sp³-hybridized carbons (Fsp3) is 0.455. The summed E-state index contributed by atoms with van der Waals surface area (Å²) in [6.45, 7) is 8.19. The summed E-state index contributed by atoms with van der Waals surface area (Å²) >= 11 is 0. The molecule has 330 valence electrons. The molecular formula is C44H54N8O10. The van der Waals surface area contributed by atoms with Crippen molar-refractivity contribution in [2.24, 2.45) is 11.8 Å². The van der Waals surface area contributed by atoms with Crippen molar-refractivity contribution in [2.75, 3.05) is 24.5 Å². The molecule has 1 aromatic heterocycles. The van der Waals surface area contributed by atoms with Gasteiger partial charge in [-0.2, -0.15) is 0 Å². The van der Waals surface area contributed by atoms with Gasteiger partial charge in [0.05, 0.1) is 18.8 Å². The van der Waals surface area contributed by atoms with E-state index in [-0.39, 0.29) is 30.8 Å². The lowest BCUT2D eigenvalue weighted by atomic mass is 9.98. The molecule has 1 fully saturated rings. The lowest BCUT2D eigenvalue weighted by Gasteiger charge is -2.32. The first-order valence-electron chi connectivity index (χ1n) is 20.7. The molecule has 3 heterocycles. The molecule has 0 saturated carbocycles. The number of amides is 6. The number of likely N-dealkylation sites (tertiary alicyclic amines) is 1. The first kappa shape index (κ1) is 46.3. The van der Waals surface area contributed by atoms with Gasteiger partial charge in [0.1, 0.15) is 36.5 Å². The Morgan fingerprint density at radius 1 is 0.871 bits per heavy atom.